The molecule has 0 aliphatic heterocycles. The maximum atomic E-state index is 11.4. The van der Waals surface area contributed by atoms with Gasteiger partial charge in [-0.05, 0) is 92.9 Å². The topological polar surface area (TPSA) is 76.0 Å². The van der Waals surface area contributed by atoms with Crippen LogP contribution in [0, 0.1) is 6.92 Å². The number of carboxylic acid groups (broad SMARTS) is 1. The lowest BCUT2D eigenvalue weighted by molar-refractivity contribution is -0.136. The van der Waals surface area contributed by atoms with E-state index in [9.17, 15) is 9.90 Å². The molecule has 1 aliphatic rings. The van der Waals surface area contributed by atoms with Crippen LogP contribution in [-0.4, -0.2) is 23.3 Å². The molecule has 1 unspecified atom stereocenters. The number of aliphatic hydroxyl groups is 1. The first kappa shape index (κ1) is 25.7. The van der Waals surface area contributed by atoms with Crippen LogP contribution in [0.1, 0.15) is 65.5 Å². The first-order valence-electron chi connectivity index (χ1n) is 11.6. The summed E-state index contributed by atoms with van der Waals surface area (Å²) < 4.78 is 13.5. The Morgan fingerprint density at radius 1 is 1.06 bits per heavy atom. The average molecular weight is 604 g/mol. The molecule has 0 amide bonds. The number of ether oxygens (including phenoxy) is 2. The van der Waals surface area contributed by atoms with Crippen LogP contribution in [0.4, 0.5) is 0 Å². The Morgan fingerprint density at radius 2 is 1.74 bits per heavy atom. The summed E-state index contributed by atoms with van der Waals surface area (Å²) in [6.07, 6.45) is 3.53. The van der Waals surface area contributed by atoms with Gasteiger partial charge in [0.2, 0.25) is 0 Å². The number of rotatable bonds is 8. The van der Waals surface area contributed by atoms with Crippen molar-refractivity contribution in [3.8, 4) is 17.2 Å². The maximum absolute atomic E-state index is 11.4. The third kappa shape index (κ3) is 5.90. The van der Waals surface area contributed by atoms with Gasteiger partial charge in [-0.25, -0.2) is 0 Å². The van der Waals surface area contributed by atoms with Crippen molar-refractivity contribution in [3.63, 3.8) is 0 Å². The number of aryl methyl sites for hydroxylation is 1. The molecule has 3 aromatic carbocycles. The maximum Gasteiger partial charge on any atom is 0.307 e. The molecule has 0 heterocycles. The minimum absolute atomic E-state index is 0.0941. The van der Waals surface area contributed by atoms with Gasteiger partial charge in [-0.15, -0.1) is 0 Å². The van der Waals surface area contributed by atoms with Gasteiger partial charge in [0, 0.05) is 11.1 Å². The number of aliphatic carboxylic acids is 1. The van der Waals surface area contributed by atoms with Gasteiger partial charge in [-0.1, -0.05) is 42.7 Å². The molecule has 0 saturated heterocycles. The summed E-state index contributed by atoms with van der Waals surface area (Å²) in [6, 6.07) is 15.1. The van der Waals surface area contributed by atoms with Crippen LogP contribution in [0.2, 0.25) is 0 Å². The van der Waals surface area contributed by atoms with Crippen molar-refractivity contribution >= 4 is 37.8 Å². The Bertz CT molecular complexity index is 1210. The summed E-state index contributed by atoms with van der Waals surface area (Å²) in [5.74, 6) is 1.27. The zero-order valence-electron chi connectivity index (χ0n) is 19.7. The predicted octanol–water partition coefficient (Wildman–Crippen LogP) is 7.69. The third-order valence-electron chi connectivity index (χ3n) is 6.44. The van der Waals surface area contributed by atoms with Crippen molar-refractivity contribution in [3.05, 3.63) is 85.3 Å². The highest BCUT2D eigenvalue weighted by Crippen LogP contribution is 2.46. The van der Waals surface area contributed by atoms with Crippen LogP contribution in [-0.2, 0) is 11.2 Å². The molecule has 35 heavy (non-hydrogen) atoms. The van der Waals surface area contributed by atoms with E-state index in [1.165, 1.54) is 12.8 Å². The Labute approximate surface area is 222 Å². The largest absolute Gasteiger partial charge is 0.496 e. The quantitative estimate of drug-likeness (QED) is 0.276. The predicted molar refractivity (Wildman–Crippen MR) is 143 cm³/mol. The Balaban J connectivity index is 1.82. The Hall–Kier alpha value is -2.35. The average Bonchev–Trinajstić information content (AvgIpc) is 3.35. The van der Waals surface area contributed by atoms with Crippen molar-refractivity contribution < 1.29 is 24.5 Å². The highest BCUT2D eigenvalue weighted by atomic mass is 79.9. The van der Waals surface area contributed by atoms with Crippen LogP contribution < -0.4 is 9.47 Å². The molecule has 0 radical (unpaired) electrons. The molecule has 1 aliphatic carbocycles. The van der Waals surface area contributed by atoms with Crippen molar-refractivity contribution in [2.24, 2.45) is 0 Å². The van der Waals surface area contributed by atoms with Gasteiger partial charge in [-0.2, -0.15) is 0 Å². The Kier molecular flexibility index (Phi) is 8.19. The van der Waals surface area contributed by atoms with E-state index in [-0.39, 0.29) is 6.42 Å². The molecule has 5 nitrogen and oxygen atoms in total. The summed E-state index contributed by atoms with van der Waals surface area (Å²) in [5.41, 5.74) is 4.14. The molecule has 4 rings (SSSR count). The lowest BCUT2D eigenvalue weighted by Gasteiger charge is -2.23. The van der Waals surface area contributed by atoms with E-state index < -0.39 is 12.1 Å². The summed E-state index contributed by atoms with van der Waals surface area (Å²) in [5, 5.41) is 20.6. The van der Waals surface area contributed by atoms with Gasteiger partial charge in [0.15, 0.2) is 5.75 Å². The van der Waals surface area contributed by atoms with Gasteiger partial charge in [0.05, 0.1) is 22.5 Å². The number of halogens is 2. The number of carboxylic acids is 1. The van der Waals surface area contributed by atoms with Gasteiger partial charge in [-0.3, -0.25) is 4.79 Å². The van der Waals surface area contributed by atoms with Crippen LogP contribution in [0.5, 0.6) is 17.2 Å². The first-order valence-corrected chi connectivity index (χ1v) is 13.2. The van der Waals surface area contributed by atoms with Crippen molar-refractivity contribution in [2.45, 2.75) is 51.0 Å². The molecule has 184 valence electrons. The molecule has 7 heteroatoms. The van der Waals surface area contributed by atoms with Gasteiger partial charge < -0.3 is 19.7 Å². The van der Waals surface area contributed by atoms with E-state index in [1.54, 1.807) is 19.2 Å². The third-order valence-corrected chi connectivity index (χ3v) is 7.61. The highest BCUT2D eigenvalue weighted by molar-refractivity contribution is 9.11. The highest BCUT2D eigenvalue weighted by Gasteiger charge is 2.26. The molecular weight excluding hydrogens is 576 g/mol. The fourth-order valence-electron chi connectivity index (χ4n) is 4.74. The molecule has 0 spiro atoms. The van der Waals surface area contributed by atoms with E-state index in [0.29, 0.717) is 37.5 Å². The standard InChI is InChI=1S/C28H28Br2O5/c1-16-6-5-9-19(10-16)27(33)21-15-24(34-2)20(18-7-3-4-8-18)14-25(21)35-28-22(29)11-17(12-23(28)30)13-26(31)32/h5-6,9-12,14-15,18,27,33H,3-4,7-8,13H2,1-2H3,(H,31,32). The fourth-order valence-corrected chi connectivity index (χ4v) is 6.19. The molecule has 1 fully saturated rings. The number of carbonyl (C=O) groups is 1. The Morgan fingerprint density at radius 3 is 2.34 bits per heavy atom. The molecule has 0 bridgehead atoms. The molecule has 2 N–H and O–H groups in total. The normalized spacial score (nSPS) is 14.7. The van der Waals surface area contributed by atoms with Gasteiger partial charge in [0.1, 0.15) is 17.6 Å². The number of methoxy groups -OCH3 is 1. The van der Waals surface area contributed by atoms with E-state index >= 15 is 0 Å². The smallest absolute Gasteiger partial charge is 0.307 e. The van der Waals surface area contributed by atoms with E-state index in [4.69, 9.17) is 14.6 Å². The zero-order valence-corrected chi connectivity index (χ0v) is 22.9. The number of hydrogen-bond donors (Lipinski definition) is 2. The second-order valence-electron chi connectivity index (χ2n) is 8.99. The molecular formula is C28H28Br2O5. The monoisotopic (exact) mass is 602 g/mol. The van der Waals surface area contributed by atoms with Crippen LogP contribution in [0.15, 0.2) is 57.5 Å². The summed E-state index contributed by atoms with van der Waals surface area (Å²) >= 11 is 7.08. The van der Waals surface area contributed by atoms with Crippen LogP contribution in [0.25, 0.3) is 0 Å². The van der Waals surface area contributed by atoms with E-state index in [2.05, 4.69) is 31.9 Å². The minimum atomic E-state index is -0.916. The summed E-state index contributed by atoms with van der Waals surface area (Å²) in [6.45, 7) is 1.99. The fraction of sp³-hybridized carbons (Fsp3) is 0.321. The lowest BCUT2D eigenvalue weighted by atomic mass is 9.92. The number of aliphatic hydroxyl groups excluding tert-OH is 1. The number of hydrogen-bond acceptors (Lipinski definition) is 4. The molecule has 0 aromatic heterocycles. The zero-order chi connectivity index (χ0) is 25.1. The minimum Gasteiger partial charge on any atom is -0.496 e. The molecule has 1 atom stereocenters. The second kappa shape index (κ2) is 11.1. The van der Waals surface area contributed by atoms with Crippen molar-refractivity contribution in [1.29, 1.82) is 0 Å². The van der Waals surface area contributed by atoms with Crippen LogP contribution in [0.3, 0.4) is 0 Å². The second-order valence-corrected chi connectivity index (χ2v) is 10.7. The van der Waals surface area contributed by atoms with Gasteiger partial charge in [0.25, 0.3) is 0 Å². The molecule has 3 aromatic rings. The SMILES string of the molecule is COc1cc(C(O)c2cccc(C)c2)c(Oc2c(Br)cc(CC(=O)O)cc2Br)cc1C1CCCC1. The van der Waals surface area contributed by atoms with E-state index in [1.807, 2.05) is 43.3 Å². The van der Waals surface area contributed by atoms with E-state index in [0.717, 1.165) is 35.3 Å². The van der Waals surface area contributed by atoms with Crippen molar-refractivity contribution in [1.82, 2.24) is 0 Å². The van der Waals surface area contributed by atoms with Gasteiger partial charge >= 0.3 is 5.97 Å². The molecule has 1 saturated carbocycles. The van der Waals surface area contributed by atoms with Crippen molar-refractivity contribution in [2.75, 3.05) is 7.11 Å². The lowest BCUT2D eigenvalue weighted by Crippen LogP contribution is -2.07. The summed E-state index contributed by atoms with van der Waals surface area (Å²) in [7, 11) is 1.66. The first-order chi connectivity index (χ1) is 16.8. The number of benzene rings is 3. The van der Waals surface area contributed by atoms with Crippen LogP contribution >= 0.6 is 31.9 Å². The summed E-state index contributed by atoms with van der Waals surface area (Å²) in [4.78, 5) is 11.2.